The largest absolute Gasteiger partial charge is 0.260 e. The summed E-state index contributed by atoms with van der Waals surface area (Å²) >= 11 is 1.73. The molecule has 0 N–H and O–H groups in total. The smallest absolute Gasteiger partial charge is 0.0591 e. The van der Waals surface area contributed by atoms with Crippen molar-refractivity contribution in [1.82, 2.24) is 4.98 Å². The van der Waals surface area contributed by atoms with E-state index < -0.39 is 0 Å². The quantitative estimate of drug-likeness (QED) is 0.561. The predicted octanol–water partition coefficient (Wildman–Crippen LogP) is 2.24. The van der Waals surface area contributed by atoms with Crippen LogP contribution in [-0.4, -0.2) is 4.98 Å². The van der Waals surface area contributed by atoms with Gasteiger partial charge in [0.25, 0.3) is 0 Å². The molecule has 1 nitrogen and oxygen atoms in total. The van der Waals surface area contributed by atoms with E-state index in [2.05, 4.69) is 17.6 Å². The Bertz CT molecular complexity index is 253. The van der Waals surface area contributed by atoms with Crippen molar-refractivity contribution in [3.05, 3.63) is 35.5 Å². The van der Waals surface area contributed by atoms with Gasteiger partial charge in [-0.3, -0.25) is 4.98 Å². The number of nitrogens with zero attached hydrogens (tertiary/aromatic N) is 1. The molecule has 1 aliphatic heterocycles. The molecule has 0 amide bonds. The van der Waals surface area contributed by atoms with Crippen LogP contribution in [0.4, 0.5) is 0 Å². The molecule has 0 aromatic carbocycles. The first-order chi connectivity index (χ1) is 4.86. The van der Waals surface area contributed by atoms with Gasteiger partial charge >= 0.3 is 0 Å². The fraction of sp³-hybridized carbons (Fsp3) is 0.125. The summed E-state index contributed by atoms with van der Waals surface area (Å²) in [6.07, 6.45) is 2.78. The molecule has 0 bridgehead atoms. The zero-order valence-corrected chi connectivity index (χ0v) is 6.32. The summed E-state index contributed by atoms with van der Waals surface area (Å²) in [6.45, 7) is 3.89. The second-order valence-corrected chi connectivity index (χ2v) is 3.49. The summed E-state index contributed by atoms with van der Waals surface area (Å²) in [7, 11) is 0. The second kappa shape index (κ2) is 2.13. The van der Waals surface area contributed by atoms with Crippen LogP contribution in [0.25, 0.3) is 0 Å². The SMILES string of the molecule is C=C1Cc2ncccc2S1. The second-order valence-electron chi connectivity index (χ2n) is 2.27. The standard InChI is InChI=1S/C8H7NS/c1-6-5-7-8(10-6)3-2-4-9-7/h2-4H,1,5H2. The minimum Gasteiger partial charge on any atom is -0.260 e. The Morgan fingerprint density at radius 3 is 3.30 bits per heavy atom. The Morgan fingerprint density at radius 1 is 1.60 bits per heavy atom. The first-order valence-corrected chi connectivity index (χ1v) is 3.97. The van der Waals surface area contributed by atoms with E-state index >= 15 is 0 Å². The molecule has 0 radical (unpaired) electrons. The summed E-state index contributed by atoms with van der Waals surface area (Å²) in [5.41, 5.74) is 1.18. The van der Waals surface area contributed by atoms with Crippen molar-refractivity contribution in [3.8, 4) is 0 Å². The number of hydrogen-bond donors (Lipinski definition) is 0. The van der Waals surface area contributed by atoms with Gasteiger partial charge in [-0.15, -0.1) is 0 Å². The highest BCUT2D eigenvalue weighted by molar-refractivity contribution is 8.03. The molecular formula is C8H7NS. The van der Waals surface area contributed by atoms with E-state index in [0.29, 0.717) is 0 Å². The molecular weight excluding hydrogens is 142 g/mol. The zero-order valence-electron chi connectivity index (χ0n) is 5.50. The van der Waals surface area contributed by atoms with Crippen LogP contribution in [0.15, 0.2) is 34.7 Å². The highest BCUT2D eigenvalue weighted by atomic mass is 32.2. The van der Waals surface area contributed by atoms with Crippen LogP contribution >= 0.6 is 11.8 Å². The molecule has 0 unspecified atom stereocenters. The fourth-order valence-corrected chi connectivity index (χ4v) is 1.94. The molecule has 10 heavy (non-hydrogen) atoms. The van der Waals surface area contributed by atoms with Crippen molar-refractivity contribution in [2.24, 2.45) is 0 Å². The number of allylic oxidation sites excluding steroid dienone is 1. The monoisotopic (exact) mass is 149 g/mol. The molecule has 0 spiro atoms. The van der Waals surface area contributed by atoms with Crippen molar-refractivity contribution in [2.45, 2.75) is 11.3 Å². The third kappa shape index (κ3) is 0.847. The van der Waals surface area contributed by atoms with E-state index in [9.17, 15) is 0 Å². The lowest BCUT2D eigenvalue weighted by Crippen LogP contribution is -1.82. The van der Waals surface area contributed by atoms with E-state index in [4.69, 9.17) is 0 Å². The van der Waals surface area contributed by atoms with Gasteiger partial charge in [-0.2, -0.15) is 0 Å². The Labute approximate surface area is 64.2 Å². The van der Waals surface area contributed by atoms with Crippen molar-refractivity contribution in [2.75, 3.05) is 0 Å². The average Bonchev–Trinajstić information content (AvgIpc) is 2.27. The lowest BCUT2D eigenvalue weighted by molar-refractivity contribution is 1.06. The zero-order chi connectivity index (χ0) is 6.97. The number of rotatable bonds is 0. The van der Waals surface area contributed by atoms with Crippen LogP contribution in [0.3, 0.4) is 0 Å². The maximum Gasteiger partial charge on any atom is 0.0591 e. The van der Waals surface area contributed by atoms with E-state index in [1.807, 2.05) is 12.3 Å². The molecule has 0 atom stereocenters. The minimum atomic E-state index is 0.945. The maximum atomic E-state index is 4.23. The summed E-state index contributed by atoms with van der Waals surface area (Å²) < 4.78 is 0. The third-order valence-electron chi connectivity index (χ3n) is 1.47. The average molecular weight is 149 g/mol. The molecule has 2 heterocycles. The topological polar surface area (TPSA) is 12.9 Å². The van der Waals surface area contributed by atoms with E-state index in [0.717, 1.165) is 6.42 Å². The minimum absolute atomic E-state index is 0.945. The first-order valence-electron chi connectivity index (χ1n) is 3.16. The van der Waals surface area contributed by atoms with Crippen molar-refractivity contribution < 1.29 is 0 Å². The lowest BCUT2D eigenvalue weighted by atomic mass is 10.3. The normalized spacial score (nSPS) is 15.4. The first kappa shape index (κ1) is 5.98. The van der Waals surface area contributed by atoms with Crippen LogP contribution in [0, 0.1) is 0 Å². The van der Waals surface area contributed by atoms with Gasteiger partial charge in [0.1, 0.15) is 0 Å². The van der Waals surface area contributed by atoms with Crippen LogP contribution in [0.2, 0.25) is 0 Å². The Hall–Kier alpha value is -0.760. The highest BCUT2D eigenvalue weighted by Gasteiger charge is 2.14. The van der Waals surface area contributed by atoms with Crippen molar-refractivity contribution >= 4 is 11.8 Å². The summed E-state index contributed by atoms with van der Waals surface area (Å²) in [5.74, 6) is 0. The molecule has 1 aromatic rings. The molecule has 2 rings (SSSR count). The molecule has 0 aliphatic carbocycles. The summed E-state index contributed by atoms with van der Waals surface area (Å²) in [5, 5.41) is 0. The molecule has 1 aromatic heterocycles. The van der Waals surface area contributed by atoms with Gasteiger partial charge in [-0.25, -0.2) is 0 Å². The molecule has 0 saturated carbocycles. The Kier molecular flexibility index (Phi) is 1.27. The lowest BCUT2D eigenvalue weighted by Gasteiger charge is -1.90. The molecule has 2 heteroatoms. The van der Waals surface area contributed by atoms with Crippen LogP contribution in [0.1, 0.15) is 5.69 Å². The number of pyridine rings is 1. The van der Waals surface area contributed by atoms with Gasteiger partial charge < -0.3 is 0 Å². The summed E-state index contributed by atoms with van der Waals surface area (Å²) in [6, 6.07) is 4.05. The predicted molar refractivity (Wildman–Crippen MR) is 42.9 cm³/mol. The third-order valence-corrected chi connectivity index (χ3v) is 2.49. The van der Waals surface area contributed by atoms with E-state index in [1.165, 1.54) is 15.5 Å². The molecule has 0 saturated heterocycles. The fourth-order valence-electron chi connectivity index (χ4n) is 1.03. The van der Waals surface area contributed by atoms with E-state index in [-0.39, 0.29) is 0 Å². The van der Waals surface area contributed by atoms with Gasteiger partial charge in [0.05, 0.1) is 5.69 Å². The maximum absolute atomic E-state index is 4.23. The Balaban J connectivity index is 2.51. The number of hydrogen-bond acceptors (Lipinski definition) is 2. The molecule has 50 valence electrons. The Morgan fingerprint density at radius 2 is 2.50 bits per heavy atom. The van der Waals surface area contributed by atoms with Crippen molar-refractivity contribution in [3.63, 3.8) is 0 Å². The van der Waals surface area contributed by atoms with Gasteiger partial charge in [0.15, 0.2) is 0 Å². The van der Waals surface area contributed by atoms with E-state index in [1.54, 1.807) is 11.8 Å². The van der Waals surface area contributed by atoms with Gasteiger partial charge in [-0.05, 0) is 17.0 Å². The van der Waals surface area contributed by atoms with Crippen LogP contribution in [0.5, 0.6) is 0 Å². The number of aromatic nitrogens is 1. The van der Waals surface area contributed by atoms with Crippen LogP contribution < -0.4 is 0 Å². The van der Waals surface area contributed by atoms with Gasteiger partial charge in [-0.1, -0.05) is 18.3 Å². The van der Waals surface area contributed by atoms with Crippen molar-refractivity contribution in [1.29, 1.82) is 0 Å². The number of thioether (sulfide) groups is 1. The number of fused-ring (bicyclic) bond motifs is 1. The highest BCUT2D eigenvalue weighted by Crippen LogP contribution is 2.36. The van der Waals surface area contributed by atoms with Gasteiger partial charge in [0, 0.05) is 17.5 Å². The summed E-state index contributed by atoms with van der Waals surface area (Å²) in [4.78, 5) is 6.70. The molecule has 1 aliphatic rings. The van der Waals surface area contributed by atoms with Crippen LogP contribution in [-0.2, 0) is 6.42 Å². The molecule has 0 fully saturated rings. The van der Waals surface area contributed by atoms with Gasteiger partial charge in [0.2, 0.25) is 0 Å².